The van der Waals surface area contributed by atoms with Crippen molar-refractivity contribution in [1.29, 1.82) is 10.5 Å². The maximum Gasteiger partial charge on any atom is 0.238 e. The number of pyridine rings is 1. The molecule has 0 aliphatic carbocycles. The number of rotatable bonds is 5. The van der Waals surface area contributed by atoms with E-state index in [-0.39, 0.29) is 11.9 Å². The molecule has 6 heteroatoms. The van der Waals surface area contributed by atoms with Gasteiger partial charge < -0.3 is 10.6 Å². The first-order valence-corrected chi connectivity index (χ1v) is 9.08. The number of nitrogens with zero attached hydrogens (tertiary/aromatic N) is 3. The summed E-state index contributed by atoms with van der Waals surface area (Å²) in [5, 5.41) is 24.3. The SMILES string of the molecule is N#Cc1ccc(-c2ccc(C[C@@H](C#N)NC(=O)C3CCCCN3)cc2)cn1. The highest BCUT2D eigenvalue weighted by molar-refractivity contribution is 5.82. The molecule has 2 aromatic rings. The predicted octanol–water partition coefficient (Wildman–Crippen LogP) is 2.31. The standard InChI is InChI=1S/C21H21N5O/c22-12-18-9-8-17(14-25-18)16-6-4-15(5-7-16)11-19(13-23)26-21(27)20-3-1-2-10-24-20/h4-9,14,19-20,24H,1-3,10-11H2,(H,26,27)/t19-,20?/m0/s1. The van der Waals surface area contributed by atoms with E-state index in [0.29, 0.717) is 12.1 Å². The van der Waals surface area contributed by atoms with Gasteiger partial charge in [0, 0.05) is 18.2 Å². The van der Waals surface area contributed by atoms with Crippen LogP contribution in [-0.4, -0.2) is 29.5 Å². The van der Waals surface area contributed by atoms with Crippen molar-refractivity contribution >= 4 is 5.91 Å². The van der Waals surface area contributed by atoms with Gasteiger partial charge in [-0.1, -0.05) is 30.7 Å². The topological polar surface area (TPSA) is 102 Å². The normalized spacial score (nSPS) is 17.3. The number of nitriles is 2. The van der Waals surface area contributed by atoms with Crippen molar-refractivity contribution < 1.29 is 4.79 Å². The monoisotopic (exact) mass is 359 g/mol. The van der Waals surface area contributed by atoms with E-state index in [1.54, 1.807) is 12.3 Å². The Morgan fingerprint density at radius 1 is 1.19 bits per heavy atom. The van der Waals surface area contributed by atoms with E-state index in [9.17, 15) is 10.1 Å². The summed E-state index contributed by atoms with van der Waals surface area (Å²) < 4.78 is 0. The van der Waals surface area contributed by atoms with Gasteiger partial charge in [-0.15, -0.1) is 0 Å². The summed E-state index contributed by atoms with van der Waals surface area (Å²) in [5.41, 5.74) is 3.27. The number of hydrogen-bond acceptors (Lipinski definition) is 5. The van der Waals surface area contributed by atoms with Crippen LogP contribution in [0.2, 0.25) is 0 Å². The second-order valence-corrected chi connectivity index (χ2v) is 6.64. The van der Waals surface area contributed by atoms with Crippen LogP contribution in [0.15, 0.2) is 42.6 Å². The lowest BCUT2D eigenvalue weighted by Crippen LogP contribution is -2.49. The molecule has 2 atom stereocenters. The number of carbonyl (C=O) groups excluding carboxylic acids is 1. The number of nitrogens with one attached hydrogen (secondary N) is 2. The fourth-order valence-corrected chi connectivity index (χ4v) is 3.18. The molecule has 3 rings (SSSR count). The van der Waals surface area contributed by atoms with Crippen molar-refractivity contribution in [2.75, 3.05) is 6.54 Å². The molecule has 1 aliphatic heterocycles. The first-order valence-electron chi connectivity index (χ1n) is 9.08. The zero-order valence-corrected chi connectivity index (χ0v) is 15.0. The van der Waals surface area contributed by atoms with Gasteiger partial charge in [-0.2, -0.15) is 10.5 Å². The molecule has 1 aromatic heterocycles. The quantitative estimate of drug-likeness (QED) is 0.853. The molecule has 1 unspecified atom stereocenters. The molecule has 136 valence electrons. The van der Waals surface area contributed by atoms with Gasteiger partial charge in [-0.25, -0.2) is 4.98 Å². The van der Waals surface area contributed by atoms with E-state index in [2.05, 4.69) is 21.7 Å². The van der Waals surface area contributed by atoms with Crippen LogP contribution >= 0.6 is 0 Å². The predicted molar refractivity (Wildman–Crippen MR) is 101 cm³/mol. The fraction of sp³-hybridized carbons (Fsp3) is 0.333. The third-order valence-corrected chi connectivity index (χ3v) is 4.70. The molecule has 2 N–H and O–H groups in total. The molecule has 0 bridgehead atoms. The van der Waals surface area contributed by atoms with Crippen LogP contribution in [0.25, 0.3) is 11.1 Å². The summed E-state index contributed by atoms with van der Waals surface area (Å²) in [6, 6.07) is 14.8. The van der Waals surface area contributed by atoms with Gasteiger partial charge >= 0.3 is 0 Å². The van der Waals surface area contributed by atoms with Crippen molar-refractivity contribution in [3.8, 4) is 23.3 Å². The highest BCUT2D eigenvalue weighted by Gasteiger charge is 2.22. The Bertz CT molecular complexity index is 855. The van der Waals surface area contributed by atoms with E-state index >= 15 is 0 Å². The third kappa shape index (κ3) is 4.91. The zero-order chi connectivity index (χ0) is 19.1. The smallest absolute Gasteiger partial charge is 0.238 e. The molecule has 1 fully saturated rings. The minimum absolute atomic E-state index is 0.0958. The summed E-state index contributed by atoms with van der Waals surface area (Å²) >= 11 is 0. The van der Waals surface area contributed by atoms with Crippen LogP contribution in [0.3, 0.4) is 0 Å². The van der Waals surface area contributed by atoms with Crippen molar-refractivity contribution in [3.05, 3.63) is 53.9 Å². The highest BCUT2D eigenvalue weighted by Crippen LogP contribution is 2.19. The number of piperidine rings is 1. The molecule has 27 heavy (non-hydrogen) atoms. The van der Waals surface area contributed by atoms with Crippen LogP contribution in [0.4, 0.5) is 0 Å². The van der Waals surface area contributed by atoms with E-state index in [4.69, 9.17) is 5.26 Å². The van der Waals surface area contributed by atoms with Gasteiger partial charge in [0.2, 0.25) is 5.91 Å². The first-order chi connectivity index (χ1) is 13.2. The molecule has 0 spiro atoms. The minimum Gasteiger partial charge on any atom is -0.339 e. The lowest BCUT2D eigenvalue weighted by atomic mass is 10.0. The molecule has 0 saturated carbocycles. The van der Waals surface area contributed by atoms with E-state index in [0.717, 1.165) is 42.5 Å². The largest absolute Gasteiger partial charge is 0.339 e. The van der Waals surface area contributed by atoms with Gasteiger partial charge in [0.1, 0.15) is 17.8 Å². The number of amides is 1. The van der Waals surface area contributed by atoms with Crippen LogP contribution in [0, 0.1) is 22.7 Å². The van der Waals surface area contributed by atoms with Crippen molar-refractivity contribution in [3.63, 3.8) is 0 Å². The Morgan fingerprint density at radius 2 is 1.96 bits per heavy atom. The minimum atomic E-state index is -0.552. The Balaban J connectivity index is 1.61. The first kappa shape index (κ1) is 18.6. The summed E-state index contributed by atoms with van der Waals surface area (Å²) in [4.78, 5) is 16.4. The fourth-order valence-electron chi connectivity index (χ4n) is 3.18. The van der Waals surface area contributed by atoms with Gasteiger partial charge in [-0.3, -0.25) is 4.79 Å². The molecule has 0 radical (unpaired) electrons. The second kappa shape index (κ2) is 8.93. The molecule has 2 heterocycles. The van der Waals surface area contributed by atoms with Gasteiger partial charge in [0.25, 0.3) is 0 Å². The van der Waals surface area contributed by atoms with E-state index in [1.165, 1.54) is 0 Å². The maximum absolute atomic E-state index is 12.3. The van der Waals surface area contributed by atoms with E-state index in [1.807, 2.05) is 36.4 Å². The summed E-state index contributed by atoms with van der Waals surface area (Å²) in [6.07, 6.45) is 5.07. The maximum atomic E-state index is 12.3. The van der Waals surface area contributed by atoms with Crippen molar-refractivity contribution in [1.82, 2.24) is 15.6 Å². The molecular formula is C21H21N5O. The Morgan fingerprint density at radius 3 is 2.56 bits per heavy atom. The molecule has 6 nitrogen and oxygen atoms in total. The molecule has 1 amide bonds. The number of carbonyl (C=O) groups is 1. The Kier molecular flexibility index (Phi) is 6.14. The average Bonchev–Trinajstić information content (AvgIpc) is 2.74. The molecule has 1 saturated heterocycles. The lowest BCUT2D eigenvalue weighted by molar-refractivity contribution is -0.124. The zero-order valence-electron chi connectivity index (χ0n) is 15.0. The van der Waals surface area contributed by atoms with Gasteiger partial charge in [-0.05, 0) is 42.6 Å². The Hall–Kier alpha value is -3.22. The lowest BCUT2D eigenvalue weighted by Gasteiger charge is -2.23. The highest BCUT2D eigenvalue weighted by atomic mass is 16.2. The van der Waals surface area contributed by atoms with Crippen LogP contribution in [0.1, 0.15) is 30.5 Å². The van der Waals surface area contributed by atoms with Crippen LogP contribution in [-0.2, 0) is 11.2 Å². The number of benzene rings is 1. The molecule has 1 aromatic carbocycles. The average molecular weight is 359 g/mol. The summed E-state index contributed by atoms with van der Waals surface area (Å²) in [7, 11) is 0. The molecule has 1 aliphatic rings. The molecular weight excluding hydrogens is 338 g/mol. The van der Waals surface area contributed by atoms with E-state index < -0.39 is 6.04 Å². The van der Waals surface area contributed by atoms with Gasteiger partial charge in [0.15, 0.2) is 0 Å². The number of hydrogen-bond donors (Lipinski definition) is 2. The third-order valence-electron chi connectivity index (χ3n) is 4.70. The van der Waals surface area contributed by atoms with Crippen LogP contribution in [0.5, 0.6) is 0 Å². The van der Waals surface area contributed by atoms with Gasteiger partial charge in [0.05, 0.1) is 12.1 Å². The Labute approximate surface area is 158 Å². The summed E-state index contributed by atoms with van der Waals surface area (Å²) in [6.45, 7) is 0.848. The summed E-state index contributed by atoms with van der Waals surface area (Å²) in [5.74, 6) is -0.0958. The van der Waals surface area contributed by atoms with Crippen molar-refractivity contribution in [2.45, 2.75) is 37.8 Å². The van der Waals surface area contributed by atoms with Crippen LogP contribution < -0.4 is 10.6 Å². The van der Waals surface area contributed by atoms with Crippen molar-refractivity contribution in [2.24, 2.45) is 0 Å². The number of aromatic nitrogens is 1. The second-order valence-electron chi connectivity index (χ2n) is 6.64.